The van der Waals surface area contributed by atoms with E-state index < -0.39 is 11.6 Å². The van der Waals surface area contributed by atoms with Crippen LogP contribution in [0.2, 0.25) is 0 Å². The summed E-state index contributed by atoms with van der Waals surface area (Å²) in [5.74, 6) is -0.184. The SMILES string of the molecule is COC(=O)c1cc2c(Br)cc(OC)cc2oc1=O. The molecule has 0 unspecified atom stereocenters. The Bertz CT molecular complexity index is 674. The first-order chi connectivity index (χ1) is 8.56. The van der Waals surface area contributed by atoms with E-state index >= 15 is 0 Å². The second kappa shape index (κ2) is 4.81. The number of esters is 1. The molecule has 1 heterocycles. The topological polar surface area (TPSA) is 65.7 Å². The zero-order valence-electron chi connectivity index (χ0n) is 9.65. The summed E-state index contributed by atoms with van der Waals surface area (Å²) in [6, 6.07) is 4.71. The Morgan fingerprint density at radius 2 is 2.00 bits per heavy atom. The molecule has 0 bridgehead atoms. The second-order valence-electron chi connectivity index (χ2n) is 3.46. The summed E-state index contributed by atoms with van der Waals surface area (Å²) < 4.78 is 15.3. The fourth-order valence-corrected chi connectivity index (χ4v) is 2.06. The minimum absolute atomic E-state index is 0.143. The number of benzene rings is 1. The summed E-state index contributed by atoms with van der Waals surface area (Å²) in [5.41, 5.74) is -0.552. The molecule has 1 aromatic carbocycles. The van der Waals surface area contributed by atoms with Crippen LogP contribution in [0.25, 0.3) is 11.0 Å². The van der Waals surface area contributed by atoms with E-state index in [1.54, 1.807) is 12.1 Å². The van der Waals surface area contributed by atoms with E-state index in [1.165, 1.54) is 20.3 Å². The maximum Gasteiger partial charge on any atom is 0.351 e. The third kappa shape index (κ3) is 2.11. The molecule has 0 aliphatic heterocycles. The first-order valence-electron chi connectivity index (χ1n) is 4.96. The molecule has 0 atom stereocenters. The average Bonchev–Trinajstić information content (AvgIpc) is 2.36. The maximum absolute atomic E-state index is 11.6. The van der Waals surface area contributed by atoms with E-state index in [1.807, 2.05) is 0 Å². The van der Waals surface area contributed by atoms with Gasteiger partial charge in [-0.25, -0.2) is 9.59 Å². The average molecular weight is 313 g/mol. The molecular weight excluding hydrogens is 304 g/mol. The fraction of sp³-hybridized carbons (Fsp3) is 0.167. The third-order valence-electron chi connectivity index (χ3n) is 2.42. The lowest BCUT2D eigenvalue weighted by Gasteiger charge is -2.05. The molecule has 5 nitrogen and oxygen atoms in total. The van der Waals surface area contributed by atoms with Crippen LogP contribution < -0.4 is 10.4 Å². The van der Waals surface area contributed by atoms with E-state index in [9.17, 15) is 9.59 Å². The predicted octanol–water partition coefficient (Wildman–Crippen LogP) is 2.35. The standard InChI is InChI=1S/C12H9BrO5/c1-16-6-3-9(13)7-5-8(11(14)17-2)12(15)18-10(7)4-6/h3-5H,1-2H3. The molecule has 94 valence electrons. The van der Waals surface area contributed by atoms with Crippen molar-refractivity contribution in [2.24, 2.45) is 0 Å². The van der Waals surface area contributed by atoms with Crippen LogP contribution in [-0.2, 0) is 4.74 Å². The van der Waals surface area contributed by atoms with Gasteiger partial charge in [-0.3, -0.25) is 0 Å². The Morgan fingerprint density at radius 1 is 1.28 bits per heavy atom. The van der Waals surface area contributed by atoms with Crippen LogP contribution in [-0.4, -0.2) is 20.2 Å². The van der Waals surface area contributed by atoms with Gasteiger partial charge in [0, 0.05) is 15.9 Å². The number of carbonyl (C=O) groups is 1. The Hall–Kier alpha value is -1.82. The van der Waals surface area contributed by atoms with Gasteiger partial charge in [-0.1, -0.05) is 0 Å². The summed E-state index contributed by atoms with van der Waals surface area (Å²) in [6.45, 7) is 0. The number of carbonyl (C=O) groups excluding carboxylic acids is 1. The molecule has 2 rings (SSSR count). The zero-order chi connectivity index (χ0) is 13.3. The number of ether oxygens (including phenoxy) is 2. The Morgan fingerprint density at radius 3 is 2.61 bits per heavy atom. The van der Waals surface area contributed by atoms with Gasteiger partial charge >= 0.3 is 11.6 Å². The Balaban J connectivity index is 2.76. The monoisotopic (exact) mass is 312 g/mol. The summed E-state index contributed by atoms with van der Waals surface area (Å²) in [4.78, 5) is 23.0. The molecule has 0 saturated heterocycles. The van der Waals surface area contributed by atoms with E-state index in [-0.39, 0.29) is 5.56 Å². The minimum atomic E-state index is -0.741. The van der Waals surface area contributed by atoms with Crippen molar-refractivity contribution >= 4 is 32.9 Å². The summed E-state index contributed by atoms with van der Waals surface area (Å²) in [6.07, 6.45) is 0. The van der Waals surface area contributed by atoms with Crippen LogP contribution in [0.5, 0.6) is 5.75 Å². The lowest BCUT2D eigenvalue weighted by atomic mass is 10.2. The highest BCUT2D eigenvalue weighted by Gasteiger charge is 2.15. The highest BCUT2D eigenvalue weighted by Crippen LogP contribution is 2.29. The van der Waals surface area contributed by atoms with Crippen molar-refractivity contribution in [2.75, 3.05) is 14.2 Å². The predicted molar refractivity (Wildman–Crippen MR) is 68.1 cm³/mol. The molecule has 0 saturated carbocycles. The molecule has 0 N–H and O–H groups in total. The molecule has 2 aromatic rings. The van der Waals surface area contributed by atoms with Gasteiger partial charge in [0.2, 0.25) is 0 Å². The van der Waals surface area contributed by atoms with Crippen LogP contribution in [0.15, 0.2) is 31.9 Å². The molecule has 0 amide bonds. The summed E-state index contributed by atoms with van der Waals surface area (Å²) in [7, 11) is 2.71. The number of hydrogen-bond donors (Lipinski definition) is 0. The highest BCUT2D eigenvalue weighted by molar-refractivity contribution is 9.10. The van der Waals surface area contributed by atoms with E-state index in [0.29, 0.717) is 21.2 Å². The van der Waals surface area contributed by atoms with Crippen molar-refractivity contribution in [2.45, 2.75) is 0 Å². The smallest absolute Gasteiger partial charge is 0.351 e. The van der Waals surface area contributed by atoms with Crippen LogP contribution in [0.1, 0.15) is 10.4 Å². The number of halogens is 1. The first-order valence-corrected chi connectivity index (χ1v) is 5.76. The van der Waals surface area contributed by atoms with Gasteiger partial charge in [-0.2, -0.15) is 0 Å². The quantitative estimate of drug-likeness (QED) is 0.629. The Kier molecular flexibility index (Phi) is 3.38. The fourth-order valence-electron chi connectivity index (χ4n) is 1.52. The van der Waals surface area contributed by atoms with Crippen molar-refractivity contribution in [3.05, 3.63) is 38.7 Å². The first kappa shape index (κ1) is 12.6. The van der Waals surface area contributed by atoms with E-state index in [2.05, 4.69) is 20.7 Å². The van der Waals surface area contributed by atoms with Crippen LogP contribution >= 0.6 is 15.9 Å². The zero-order valence-corrected chi connectivity index (χ0v) is 11.2. The number of methoxy groups -OCH3 is 2. The molecule has 18 heavy (non-hydrogen) atoms. The molecular formula is C12H9BrO5. The third-order valence-corrected chi connectivity index (χ3v) is 3.07. The molecule has 0 aliphatic carbocycles. The van der Waals surface area contributed by atoms with Crippen molar-refractivity contribution in [3.8, 4) is 5.75 Å². The number of rotatable bonds is 2. The van der Waals surface area contributed by atoms with Gasteiger partial charge in [-0.05, 0) is 28.1 Å². The van der Waals surface area contributed by atoms with Gasteiger partial charge in [0.25, 0.3) is 0 Å². The lowest BCUT2D eigenvalue weighted by Crippen LogP contribution is -2.15. The summed E-state index contributed by atoms with van der Waals surface area (Å²) in [5, 5.41) is 0.593. The van der Waals surface area contributed by atoms with Crippen molar-refractivity contribution < 1.29 is 18.7 Å². The van der Waals surface area contributed by atoms with Gasteiger partial charge in [0.15, 0.2) is 0 Å². The Labute approximate surface area is 110 Å². The molecule has 0 aliphatic rings. The second-order valence-corrected chi connectivity index (χ2v) is 4.31. The highest BCUT2D eigenvalue weighted by atomic mass is 79.9. The maximum atomic E-state index is 11.6. The van der Waals surface area contributed by atoms with Crippen molar-refractivity contribution in [1.29, 1.82) is 0 Å². The van der Waals surface area contributed by atoms with Gasteiger partial charge in [0.05, 0.1) is 14.2 Å². The number of fused-ring (bicyclic) bond motifs is 1. The number of hydrogen-bond acceptors (Lipinski definition) is 5. The van der Waals surface area contributed by atoms with Crippen molar-refractivity contribution in [1.82, 2.24) is 0 Å². The molecule has 0 spiro atoms. The van der Waals surface area contributed by atoms with Gasteiger partial charge in [0.1, 0.15) is 16.9 Å². The van der Waals surface area contributed by atoms with Crippen LogP contribution in [0.3, 0.4) is 0 Å². The summed E-state index contributed by atoms with van der Waals surface area (Å²) >= 11 is 3.32. The molecule has 0 radical (unpaired) electrons. The van der Waals surface area contributed by atoms with Gasteiger partial charge < -0.3 is 13.9 Å². The van der Waals surface area contributed by atoms with Crippen LogP contribution in [0, 0.1) is 0 Å². The molecule has 6 heteroatoms. The van der Waals surface area contributed by atoms with E-state index in [4.69, 9.17) is 9.15 Å². The minimum Gasteiger partial charge on any atom is -0.497 e. The van der Waals surface area contributed by atoms with Gasteiger partial charge in [-0.15, -0.1) is 0 Å². The van der Waals surface area contributed by atoms with Crippen molar-refractivity contribution in [3.63, 3.8) is 0 Å². The largest absolute Gasteiger partial charge is 0.497 e. The molecule has 0 fully saturated rings. The normalized spacial score (nSPS) is 10.4. The van der Waals surface area contributed by atoms with E-state index in [0.717, 1.165) is 0 Å². The molecule has 1 aromatic heterocycles. The van der Waals surface area contributed by atoms with Crippen LogP contribution in [0.4, 0.5) is 0 Å². The lowest BCUT2D eigenvalue weighted by molar-refractivity contribution is 0.0596.